The van der Waals surface area contributed by atoms with Crippen LogP contribution in [0.2, 0.25) is 0 Å². The Morgan fingerprint density at radius 3 is 2.60 bits per heavy atom. The first-order valence-electron chi connectivity index (χ1n) is 7.05. The molecule has 0 bridgehead atoms. The fourth-order valence-electron chi connectivity index (χ4n) is 2.21. The van der Waals surface area contributed by atoms with Crippen LogP contribution >= 0.6 is 11.3 Å². The van der Waals surface area contributed by atoms with E-state index >= 15 is 0 Å². The van der Waals surface area contributed by atoms with Gasteiger partial charge in [0.1, 0.15) is 0 Å². The summed E-state index contributed by atoms with van der Waals surface area (Å²) in [5.74, 6) is 0. The molecule has 0 radical (unpaired) electrons. The van der Waals surface area contributed by atoms with Crippen LogP contribution in [0.4, 0.5) is 0 Å². The highest BCUT2D eigenvalue weighted by atomic mass is 32.1. The molecule has 1 aromatic carbocycles. The fourth-order valence-corrected chi connectivity index (χ4v) is 3.07. The average Bonchev–Trinajstić information content (AvgIpc) is 2.83. The van der Waals surface area contributed by atoms with Crippen molar-refractivity contribution < 1.29 is 0 Å². The van der Waals surface area contributed by atoms with Crippen molar-refractivity contribution in [1.29, 1.82) is 0 Å². The van der Waals surface area contributed by atoms with Gasteiger partial charge in [0, 0.05) is 24.5 Å². The Morgan fingerprint density at radius 1 is 1.20 bits per heavy atom. The van der Waals surface area contributed by atoms with Gasteiger partial charge in [-0.2, -0.15) is 0 Å². The summed E-state index contributed by atoms with van der Waals surface area (Å²) in [5.41, 5.74) is 5.88. The van der Waals surface area contributed by atoms with E-state index in [1.165, 1.54) is 16.0 Å². The summed E-state index contributed by atoms with van der Waals surface area (Å²) in [6.07, 6.45) is 0. The third kappa shape index (κ3) is 4.13. The van der Waals surface area contributed by atoms with Crippen molar-refractivity contribution >= 4 is 11.3 Å². The van der Waals surface area contributed by atoms with Crippen LogP contribution in [-0.4, -0.2) is 23.5 Å². The van der Waals surface area contributed by atoms with Gasteiger partial charge >= 0.3 is 0 Å². The van der Waals surface area contributed by atoms with Crippen molar-refractivity contribution in [2.24, 2.45) is 0 Å². The molecule has 0 amide bonds. The molecule has 108 valence electrons. The van der Waals surface area contributed by atoms with E-state index in [9.17, 15) is 0 Å². The molecule has 4 heteroatoms. The van der Waals surface area contributed by atoms with Gasteiger partial charge < -0.3 is 5.32 Å². The van der Waals surface area contributed by atoms with E-state index in [1.807, 2.05) is 5.51 Å². The molecular weight excluding hydrogens is 266 g/mol. The van der Waals surface area contributed by atoms with Crippen LogP contribution < -0.4 is 5.32 Å². The Bertz CT molecular complexity index is 536. The molecule has 1 heterocycles. The lowest BCUT2D eigenvalue weighted by atomic mass is 10.1. The van der Waals surface area contributed by atoms with Crippen molar-refractivity contribution in [3.8, 4) is 0 Å². The monoisotopic (exact) mass is 289 g/mol. The van der Waals surface area contributed by atoms with Gasteiger partial charge in [0.2, 0.25) is 0 Å². The minimum atomic E-state index is 0.945. The van der Waals surface area contributed by atoms with Crippen LogP contribution in [-0.2, 0) is 19.6 Å². The maximum absolute atomic E-state index is 4.32. The molecule has 0 unspecified atom stereocenters. The van der Waals surface area contributed by atoms with Crippen LogP contribution in [0, 0.1) is 6.92 Å². The summed E-state index contributed by atoms with van der Waals surface area (Å²) in [6.45, 7) is 8.11. The van der Waals surface area contributed by atoms with E-state index in [0.717, 1.165) is 31.9 Å². The molecule has 1 aromatic heterocycles. The number of aryl methyl sites for hydroxylation is 1. The first-order chi connectivity index (χ1) is 9.70. The van der Waals surface area contributed by atoms with Gasteiger partial charge in [-0.1, -0.05) is 31.2 Å². The van der Waals surface area contributed by atoms with Crippen LogP contribution in [0.15, 0.2) is 29.8 Å². The van der Waals surface area contributed by atoms with Crippen molar-refractivity contribution in [2.75, 3.05) is 13.6 Å². The summed E-state index contributed by atoms with van der Waals surface area (Å²) >= 11 is 1.74. The van der Waals surface area contributed by atoms with Crippen LogP contribution in [0.25, 0.3) is 0 Å². The number of benzene rings is 1. The minimum absolute atomic E-state index is 0.945. The third-order valence-corrected chi connectivity index (χ3v) is 4.30. The molecule has 2 aromatic rings. The summed E-state index contributed by atoms with van der Waals surface area (Å²) < 4.78 is 0. The molecule has 1 N–H and O–H groups in total. The second-order valence-corrected chi connectivity index (χ2v) is 6.02. The van der Waals surface area contributed by atoms with Gasteiger partial charge in [-0.3, -0.25) is 4.90 Å². The highest BCUT2D eigenvalue weighted by molar-refractivity contribution is 7.09. The van der Waals surface area contributed by atoms with Crippen LogP contribution in [0.5, 0.6) is 0 Å². The van der Waals surface area contributed by atoms with Gasteiger partial charge in [-0.05, 0) is 31.6 Å². The van der Waals surface area contributed by atoms with Gasteiger partial charge in [-0.15, -0.1) is 11.3 Å². The second kappa shape index (κ2) is 7.53. The van der Waals surface area contributed by atoms with Crippen molar-refractivity contribution in [1.82, 2.24) is 15.2 Å². The Kier molecular flexibility index (Phi) is 5.71. The molecule has 2 rings (SSSR count). The zero-order chi connectivity index (χ0) is 14.4. The predicted octanol–water partition coefficient (Wildman–Crippen LogP) is 3.19. The van der Waals surface area contributed by atoms with E-state index < -0.39 is 0 Å². The van der Waals surface area contributed by atoms with E-state index in [4.69, 9.17) is 0 Å². The number of rotatable bonds is 7. The summed E-state index contributed by atoms with van der Waals surface area (Å²) in [7, 11) is 2.17. The standard InChI is InChI=1S/C16H23N3S/c1-4-17-9-14-7-5-6-8-15(14)10-19(3)11-16-13(2)18-12-20-16/h5-8,12,17H,4,9-11H2,1-3H3. The number of hydrogen-bond acceptors (Lipinski definition) is 4. The van der Waals surface area contributed by atoms with E-state index in [0.29, 0.717) is 0 Å². The number of thiazole rings is 1. The summed E-state index contributed by atoms with van der Waals surface area (Å²) in [5, 5.41) is 3.41. The molecule has 3 nitrogen and oxygen atoms in total. The van der Waals surface area contributed by atoms with Gasteiger partial charge in [0.05, 0.1) is 11.2 Å². The summed E-state index contributed by atoms with van der Waals surface area (Å²) in [4.78, 5) is 8.03. The van der Waals surface area contributed by atoms with Gasteiger partial charge in [0.15, 0.2) is 0 Å². The lowest BCUT2D eigenvalue weighted by Gasteiger charge is -2.18. The largest absolute Gasteiger partial charge is 0.313 e. The summed E-state index contributed by atoms with van der Waals surface area (Å²) in [6, 6.07) is 8.67. The maximum atomic E-state index is 4.32. The molecule has 0 saturated carbocycles. The van der Waals surface area contributed by atoms with Gasteiger partial charge in [-0.25, -0.2) is 4.98 Å². The first kappa shape index (κ1) is 15.2. The number of nitrogens with one attached hydrogen (secondary N) is 1. The molecular formula is C16H23N3S. The highest BCUT2D eigenvalue weighted by Crippen LogP contribution is 2.17. The molecule has 0 aliphatic carbocycles. The average molecular weight is 289 g/mol. The highest BCUT2D eigenvalue weighted by Gasteiger charge is 2.08. The van der Waals surface area contributed by atoms with E-state index in [1.54, 1.807) is 11.3 Å². The fraction of sp³-hybridized carbons (Fsp3) is 0.438. The van der Waals surface area contributed by atoms with E-state index in [2.05, 4.69) is 60.4 Å². The molecule has 0 fully saturated rings. The quantitative estimate of drug-likeness (QED) is 0.848. The molecule has 0 spiro atoms. The minimum Gasteiger partial charge on any atom is -0.313 e. The number of hydrogen-bond donors (Lipinski definition) is 1. The maximum Gasteiger partial charge on any atom is 0.0798 e. The van der Waals surface area contributed by atoms with Crippen molar-refractivity contribution in [2.45, 2.75) is 33.5 Å². The Morgan fingerprint density at radius 2 is 1.95 bits per heavy atom. The lowest BCUT2D eigenvalue weighted by Crippen LogP contribution is -2.20. The second-order valence-electron chi connectivity index (χ2n) is 5.08. The van der Waals surface area contributed by atoms with Crippen molar-refractivity contribution in [3.05, 3.63) is 51.5 Å². The number of aromatic nitrogens is 1. The zero-order valence-electron chi connectivity index (χ0n) is 12.5. The lowest BCUT2D eigenvalue weighted by molar-refractivity contribution is 0.320. The molecule has 0 aliphatic heterocycles. The Balaban J connectivity index is 2.00. The predicted molar refractivity (Wildman–Crippen MR) is 85.8 cm³/mol. The van der Waals surface area contributed by atoms with Gasteiger partial charge in [0.25, 0.3) is 0 Å². The van der Waals surface area contributed by atoms with Crippen LogP contribution in [0.1, 0.15) is 28.6 Å². The first-order valence-corrected chi connectivity index (χ1v) is 7.93. The van der Waals surface area contributed by atoms with E-state index in [-0.39, 0.29) is 0 Å². The Labute approximate surface area is 125 Å². The topological polar surface area (TPSA) is 28.2 Å². The SMILES string of the molecule is CCNCc1ccccc1CN(C)Cc1scnc1C. The molecule has 20 heavy (non-hydrogen) atoms. The molecule has 0 aliphatic rings. The smallest absolute Gasteiger partial charge is 0.0798 e. The Hall–Kier alpha value is -1.23. The normalized spacial score (nSPS) is 11.2. The zero-order valence-corrected chi connectivity index (χ0v) is 13.3. The molecule has 0 saturated heterocycles. The number of nitrogens with zero attached hydrogens (tertiary/aromatic N) is 2. The molecule has 0 atom stereocenters. The van der Waals surface area contributed by atoms with Crippen molar-refractivity contribution in [3.63, 3.8) is 0 Å². The van der Waals surface area contributed by atoms with Crippen LogP contribution in [0.3, 0.4) is 0 Å². The third-order valence-electron chi connectivity index (χ3n) is 3.38.